The Morgan fingerprint density at radius 2 is 2.03 bits per heavy atom. The first-order chi connectivity index (χ1) is 15.9. The summed E-state index contributed by atoms with van der Waals surface area (Å²) < 4.78 is 0. The van der Waals surface area contributed by atoms with E-state index in [1.807, 2.05) is 19.1 Å². The fraction of sp³-hybridized carbons (Fsp3) is 0.304. The number of hydrogen-bond donors (Lipinski definition) is 3. The third kappa shape index (κ3) is 3.94. The van der Waals surface area contributed by atoms with Gasteiger partial charge in [-0.05, 0) is 48.9 Å². The predicted octanol–water partition coefficient (Wildman–Crippen LogP) is 1.38. The van der Waals surface area contributed by atoms with Gasteiger partial charge < -0.3 is 16.4 Å². The van der Waals surface area contributed by atoms with Crippen LogP contribution in [0.1, 0.15) is 18.4 Å². The smallest absolute Gasteiger partial charge is 0.314 e. The number of hydrogen-bond acceptors (Lipinski definition) is 8. The number of likely N-dealkylation sites (tertiary alicyclic amines) is 1. The molecular weight excluding hydrogens is 420 g/mol. The van der Waals surface area contributed by atoms with Gasteiger partial charge in [-0.1, -0.05) is 0 Å². The van der Waals surface area contributed by atoms with Crippen molar-refractivity contribution in [3.63, 3.8) is 0 Å². The summed E-state index contributed by atoms with van der Waals surface area (Å²) >= 11 is 0. The molecule has 0 radical (unpaired) electrons. The summed E-state index contributed by atoms with van der Waals surface area (Å²) in [6.07, 6.45) is 7.15. The van der Waals surface area contributed by atoms with Gasteiger partial charge in [0.25, 0.3) is 0 Å². The van der Waals surface area contributed by atoms with Crippen molar-refractivity contribution >= 4 is 34.2 Å². The van der Waals surface area contributed by atoms with E-state index in [2.05, 4.69) is 36.6 Å². The van der Waals surface area contributed by atoms with E-state index in [1.54, 1.807) is 18.5 Å². The van der Waals surface area contributed by atoms with Crippen molar-refractivity contribution in [1.82, 2.24) is 25.2 Å². The average Bonchev–Trinajstić information content (AvgIpc) is 3.61. The van der Waals surface area contributed by atoms with Crippen molar-refractivity contribution in [3.8, 4) is 17.3 Å². The number of rotatable bonds is 4. The molecule has 0 spiro atoms. The van der Waals surface area contributed by atoms with Gasteiger partial charge in [0, 0.05) is 48.7 Å². The van der Waals surface area contributed by atoms with E-state index in [4.69, 9.17) is 5.73 Å². The Bertz CT molecular complexity index is 1320. The summed E-state index contributed by atoms with van der Waals surface area (Å²) in [5.41, 5.74) is 7.59. The van der Waals surface area contributed by atoms with Gasteiger partial charge in [-0.15, -0.1) is 0 Å². The number of nitrogen functional groups attached to an aromatic ring is 1. The Balaban J connectivity index is 1.33. The van der Waals surface area contributed by atoms with E-state index < -0.39 is 17.4 Å². The molecule has 4 heterocycles. The van der Waals surface area contributed by atoms with Gasteiger partial charge in [-0.2, -0.15) is 5.26 Å². The second-order valence-corrected chi connectivity index (χ2v) is 8.61. The van der Waals surface area contributed by atoms with E-state index in [9.17, 15) is 14.9 Å². The van der Waals surface area contributed by atoms with Crippen LogP contribution in [0.5, 0.6) is 0 Å². The van der Waals surface area contributed by atoms with Crippen molar-refractivity contribution in [2.45, 2.75) is 31.3 Å². The van der Waals surface area contributed by atoms with Gasteiger partial charge in [0.05, 0.1) is 11.8 Å². The normalized spacial score (nSPS) is 17.1. The van der Waals surface area contributed by atoms with Crippen LogP contribution in [0.3, 0.4) is 0 Å². The van der Waals surface area contributed by atoms with Crippen molar-refractivity contribution in [2.24, 2.45) is 0 Å². The maximum Gasteiger partial charge on any atom is 0.314 e. The standard InChI is InChI=1S/C23H22N8O2/c1-13-4-5-26-8-16(13)18-6-14-7-19(27-9-17(14)20(25)28-18)29-21(32)22(33)30-23(10-24)11-31(12-23)15-2-3-15/h4-9,15H,2-3,11-12H2,1H3,(H2,25,28)(H,30,33)(H,27,29,32). The van der Waals surface area contributed by atoms with E-state index in [1.165, 1.54) is 6.20 Å². The van der Waals surface area contributed by atoms with E-state index >= 15 is 0 Å². The largest absolute Gasteiger partial charge is 0.383 e. The zero-order valence-corrected chi connectivity index (χ0v) is 18.0. The predicted molar refractivity (Wildman–Crippen MR) is 122 cm³/mol. The molecule has 3 aromatic rings. The number of nitriles is 1. The molecule has 166 valence electrons. The fourth-order valence-electron chi connectivity index (χ4n) is 4.08. The van der Waals surface area contributed by atoms with Crippen LogP contribution >= 0.6 is 0 Å². The third-order valence-corrected chi connectivity index (χ3v) is 6.08. The lowest BCUT2D eigenvalue weighted by atomic mass is 9.91. The molecule has 0 atom stereocenters. The molecule has 10 nitrogen and oxygen atoms in total. The number of anilines is 2. The monoisotopic (exact) mass is 442 g/mol. The Morgan fingerprint density at radius 1 is 1.24 bits per heavy atom. The third-order valence-electron chi connectivity index (χ3n) is 6.08. The Kier molecular flexibility index (Phi) is 4.91. The maximum absolute atomic E-state index is 12.5. The van der Waals surface area contributed by atoms with E-state index in [-0.39, 0.29) is 5.82 Å². The summed E-state index contributed by atoms with van der Waals surface area (Å²) in [7, 11) is 0. The fourth-order valence-corrected chi connectivity index (χ4v) is 4.08. The number of carbonyl (C=O) groups excluding carboxylic acids is 2. The number of nitrogens with one attached hydrogen (secondary N) is 2. The summed E-state index contributed by atoms with van der Waals surface area (Å²) in [5.74, 6) is -1.25. The maximum atomic E-state index is 12.5. The van der Waals surface area contributed by atoms with Crippen molar-refractivity contribution in [2.75, 3.05) is 24.1 Å². The minimum Gasteiger partial charge on any atom is -0.383 e. The molecule has 1 aliphatic heterocycles. The van der Waals surface area contributed by atoms with Crippen LogP contribution in [0.4, 0.5) is 11.6 Å². The number of nitrogens with zero attached hydrogens (tertiary/aromatic N) is 5. The topological polar surface area (TPSA) is 150 Å². The highest BCUT2D eigenvalue weighted by molar-refractivity contribution is 6.39. The molecule has 1 saturated heterocycles. The van der Waals surface area contributed by atoms with Crippen LogP contribution in [-0.4, -0.2) is 56.3 Å². The zero-order chi connectivity index (χ0) is 23.2. The first-order valence-corrected chi connectivity index (χ1v) is 10.6. The van der Waals surface area contributed by atoms with Gasteiger partial charge in [0.15, 0.2) is 5.54 Å². The van der Waals surface area contributed by atoms with Crippen molar-refractivity contribution in [3.05, 3.63) is 42.4 Å². The molecule has 1 aliphatic carbocycles. The molecular formula is C23H22N8O2. The number of carbonyl (C=O) groups is 2. The second kappa shape index (κ2) is 7.79. The van der Waals surface area contributed by atoms with Gasteiger partial charge in [0.1, 0.15) is 11.6 Å². The minimum atomic E-state index is -1.02. The summed E-state index contributed by atoms with van der Waals surface area (Å²) in [6, 6.07) is 7.99. The Labute approximate surface area is 189 Å². The van der Waals surface area contributed by atoms with Crippen LogP contribution in [0.25, 0.3) is 22.0 Å². The summed E-state index contributed by atoms with van der Waals surface area (Å²) in [5, 5.41) is 15.9. The molecule has 0 unspecified atom stereocenters. The van der Waals surface area contributed by atoms with E-state index in [0.29, 0.717) is 41.4 Å². The molecule has 3 aromatic heterocycles. The van der Waals surface area contributed by atoms with Crippen LogP contribution < -0.4 is 16.4 Å². The molecule has 0 bridgehead atoms. The molecule has 2 fully saturated rings. The van der Waals surface area contributed by atoms with Gasteiger partial charge in [0.2, 0.25) is 0 Å². The van der Waals surface area contributed by atoms with Gasteiger partial charge in [-0.3, -0.25) is 19.5 Å². The molecule has 1 saturated carbocycles. The van der Waals surface area contributed by atoms with Crippen LogP contribution in [-0.2, 0) is 9.59 Å². The molecule has 2 aliphatic rings. The second-order valence-electron chi connectivity index (χ2n) is 8.61. The highest BCUT2D eigenvalue weighted by Gasteiger charge is 2.50. The minimum absolute atomic E-state index is 0.196. The van der Waals surface area contributed by atoms with Crippen LogP contribution in [0, 0.1) is 18.3 Å². The average molecular weight is 442 g/mol. The number of aryl methyl sites for hydroxylation is 1. The van der Waals surface area contributed by atoms with Crippen molar-refractivity contribution < 1.29 is 9.59 Å². The van der Waals surface area contributed by atoms with Gasteiger partial charge >= 0.3 is 11.8 Å². The zero-order valence-electron chi connectivity index (χ0n) is 18.0. The number of fused-ring (bicyclic) bond motifs is 1. The lowest BCUT2D eigenvalue weighted by Gasteiger charge is -2.45. The first kappa shape index (κ1) is 20.8. The highest BCUT2D eigenvalue weighted by atomic mass is 16.2. The molecule has 2 amide bonds. The van der Waals surface area contributed by atoms with E-state index in [0.717, 1.165) is 24.0 Å². The lowest BCUT2D eigenvalue weighted by molar-refractivity contribution is -0.138. The Hall–Kier alpha value is -4.10. The lowest BCUT2D eigenvalue weighted by Crippen LogP contribution is -2.70. The van der Waals surface area contributed by atoms with Crippen LogP contribution in [0.15, 0.2) is 36.8 Å². The molecule has 4 N–H and O–H groups in total. The molecule has 5 rings (SSSR count). The SMILES string of the molecule is Cc1ccncc1-c1cc2cc(NC(=O)C(=O)NC3(C#N)CN(C4CC4)C3)ncc2c(N)n1. The molecule has 10 heteroatoms. The number of pyridine rings is 3. The van der Waals surface area contributed by atoms with Crippen molar-refractivity contribution in [1.29, 1.82) is 5.26 Å². The number of nitrogens with two attached hydrogens (primary N) is 1. The first-order valence-electron chi connectivity index (χ1n) is 10.6. The molecule has 33 heavy (non-hydrogen) atoms. The summed E-state index contributed by atoms with van der Waals surface area (Å²) in [4.78, 5) is 39.9. The highest BCUT2D eigenvalue weighted by Crippen LogP contribution is 2.34. The number of amides is 2. The Morgan fingerprint density at radius 3 is 2.73 bits per heavy atom. The summed E-state index contributed by atoms with van der Waals surface area (Å²) in [6.45, 7) is 2.82. The quantitative estimate of drug-likeness (QED) is 0.513. The molecule has 0 aromatic carbocycles. The van der Waals surface area contributed by atoms with Gasteiger partial charge in [-0.25, -0.2) is 9.97 Å². The number of aromatic nitrogens is 3. The van der Waals surface area contributed by atoms with Crippen LogP contribution in [0.2, 0.25) is 0 Å².